The Balaban J connectivity index is 1.63. The number of carbonyl (C=O) groups excluding carboxylic acids is 2. The van der Waals surface area contributed by atoms with Crippen molar-refractivity contribution < 1.29 is 9.59 Å². The van der Waals surface area contributed by atoms with Crippen LogP contribution in [-0.2, 0) is 11.2 Å². The Kier molecular flexibility index (Phi) is 7.12. The summed E-state index contributed by atoms with van der Waals surface area (Å²) in [6.45, 7) is 0.496. The molecule has 0 unspecified atom stereocenters. The van der Waals surface area contributed by atoms with E-state index in [0.717, 1.165) is 12.0 Å². The van der Waals surface area contributed by atoms with Crippen LogP contribution in [0.2, 0.25) is 0 Å². The predicted octanol–water partition coefficient (Wildman–Crippen LogP) is 4.18. The number of carbonyl (C=O) groups is 2. The highest BCUT2D eigenvalue weighted by Gasteiger charge is 2.12. The minimum Gasteiger partial charge on any atom is -0.352 e. The molecule has 5 nitrogen and oxygen atoms in total. The Morgan fingerprint density at radius 3 is 2.40 bits per heavy atom. The molecule has 0 spiro atoms. The molecule has 3 aromatic rings. The highest BCUT2D eigenvalue weighted by Crippen LogP contribution is 2.16. The van der Waals surface area contributed by atoms with Crippen molar-refractivity contribution in [3.8, 4) is 6.07 Å². The fourth-order valence-corrected chi connectivity index (χ4v) is 2.93. The summed E-state index contributed by atoms with van der Waals surface area (Å²) in [5.41, 5.74) is 3.10. The Labute approximate surface area is 175 Å². The number of nitriles is 1. The number of rotatable bonds is 7. The third-order valence-electron chi connectivity index (χ3n) is 4.47. The first-order valence-corrected chi connectivity index (χ1v) is 9.57. The molecular formula is C25H21N3O2. The van der Waals surface area contributed by atoms with Crippen molar-refractivity contribution in [3.63, 3.8) is 0 Å². The molecule has 0 radical (unpaired) electrons. The van der Waals surface area contributed by atoms with Crippen molar-refractivity contribution >= 4 is 23.6 Å². The van der Waals surface area contributed by atoms with Crippen LogP contribution < -0.4 is 10.6 Å². The van der Waals surface area contributed by atoms with Gasteiger partial charge in [0.25, 0.3) is 5.91 Å². The zero-order valence-corrected chi connectivity index (χ0v) is 16.3. The van der Waals surface area contributed by atoms with Crippen molar-refractivity contribution in [1.82, 2.24) is 5.32 Å². The molecule has 0 fully saturated rings. The van der Waals surface area contributed by atoms with Crippen molar-refractivity contribution in [1.29, 1.82) is 5.26 Å². The summed E-state index contributed by atoms with van der Waals surface area (Å²) in [4.78, 5) is 24.9. The molecule has 3 aromatic carbocycles. The summed E-state index contributed by atoms with van der Waals surface area (Å²) in [5, 5.41) is 14.8. The molecule has 0 aliphatic carbocycles. The number of amides is 2. The zero-order valence-electron chi connectivity index (χ0n) is 16.3. The van der Waals surface area contributed by atoms with Gasteiger partial charge in [-0.25, -0.2) is 0 Å². The third kappa shape index (κ3) is 5.66. The maximum absolute atomic E-state index is 12.6. The Morgan fingerprint density at radius 2 is 1.60 bits per heavy atom. The van der Waals surface area contributed by atoms with Gasteiger partial charge < -0.3 is 10.6 Å². The van der Waals surface area contributed by atoms with Crippen LogP contribution in [0.1, 0.15) is 27.0 Å². The van der Waals surface area contributed by atoms with Crippen LogP contribution in [0.4, 0.5) is 5.69 Å². The first-order chi connectivity index (χ1) is 14.7. The molecule has 2 N–H and O–H groups in total. The van der Waals surface area contributed by atoms with E-state index in [0.29, 0.717) is 28.9 Å². The van der Waals surface area contributed by atoms with Gasteiger partial charge in [-0.3, -0.25) is 9.59 Å². The second kappa shape index (κ2) is 10.4. The van der Waals surface area contributed by atoms with Gasteiger partial charge in [0, 0.05) is 12.6 Å². The number of hydrogen-bond acceptors (Lipinski definition) is 3. The minimum absolute atomic E-state index is 0.249. The average molecular weight is 395 g/mol. The molecule has 0 saturated heterocycles. The Hall–Kier alpha value is -4.17. The lowest BCUT2D eigenvalue weighted by molar-refractivity contribution is -0.111. The molecule has 0 aliphatic heterocycles. The lowest BCUT2D eigenvalue weighted by Crippen LogP contribution is -2.27. The fourth-order valence-electron chi connectivity index (χ4n) is 2.93. The van der Waals surface area contributed by atoms with Crippen LogP contribution in [0.3, 0.4) is 0 Å². The summed E-state index contributed by atoms with van der Waals surface area (Å²) in [7, 11) is 0. The number of hydrogen-bond donors (Lipinski definition) is 2. The Bertz CT molecular complexity index is 1100. The third-order valence-corrected chi connectivity index (χ3v) is 4.47. The Morgan fingerprint density at radius 1 is 0.900 bits per heavy atom. The predicted molar refractivity (Wildman–Crippen MR) is 118 cm³/mol. The van der Waals surface area contributed by atoms with Gasteiger partial charge in [0.15, 0.2) is 0 Å². The van der Waals surface area contributed by atoms with Crippen LogP contribution in [0, 0.1) is 11.3 Å². The number of nitrogens with one attached hydrogen (secondary N) is 2. The van der Waals surface area contributed by atoms with Crippen molar-refractivity contribution in [2.45, 2.75) is 6.42 Å². The molecule has 5 heteroatoms. The van der Waals surface area contributed by atoms with Gasteiger partial charge in [0.2, 0.25) is 5.91 Å². The quantitative estimate of drug-likeness (QED) is 0.589. The topological polar surface area (TPSA) is 82.0 Å². The van der Waals surface area contributed by atoms with Gasteiger partial charge in [-0.1, -0.05) is 60.7 Å². The number of benzene rings is 3. The SMILES string of the molecule is N#Cc1ccccc1/C=C/C(=O)Nc1ccccc1C(=O)NCCc1ccccc1. The molecule has 30 heavy (non-hydrogen) atoms. The van der Waals surface area contributed by atoms with E-state index < -0.39 is 0 Å². The monoisotopic (exact) mass is 395 g/mol. The van der Waals surface area contributed by atoms with E-state index >= 15 is 0 Å². The number of para-hydroxylation sites is 1. The van der Waals surface area contributed by atoms with Crippen LogP contribution in [0.15, 0.2) is 84.9 Å². The summed E-state index contributed by atoms with van der Waals surface area (Å²) in [6, 6.07) is 25.9. The smallest absolute Gasteiger partial charge is 0.253 e. The van der Waals surface area contributed by atoms with Crippen LogP contribution in [0.5, 0.6) is 0 Å². The lowest BCUT2D eigenvalue weighted by Gasteiger charge is -2.10. The highest BCUT2D eigenvalue weighted by molar-refractivity contribution is 6.07. The molecular weight excluding hydrogens is 374 g/mol. The van der Waals surface area contributed by atoms with E-state index in [9.17, 15) is 9.59 Å². The van der Waals surface area contributed by atoms with E-state index in [1.807, 2.05) is 30.3 Å². The number of anilines is 1. The molecule has 0 aromatic heterocycles. The molecule has 0 bridgehead atoms. The molecule has 148 valence electrons. The lowest BCUT2D eigenvalue weighted by atomic mass is 10.1. The first kappa shape index (κ1) is 20.6. The first-order valence-electron chi connectivity index (χ1n) is 9.57. The van der Waals surface area contributed by atoms with Crippen molar-refractivity contribution in [3.05, 3.63) is 107 Å². The summed E-state index contributed by atoms with van der Waals surface area (Å²) >= 11 is 0. The molecule has 3 rings (SSSR count). The molecule has 0 saturated carbocycles. The maximum Gasteiger partial charge on any atom is 0.253 e. The minimum atomic E-state index is -0.382. The second-order valence-electron chi connectivity index (χ2n) is 6.56. The second-order valence-corrected chi connectivity index (χ2v) is 6.56. The van der Waals surface area contributed by atoms with Crippen molar-refractivity contribution in [2.75, 3.05) is 11.9 Å². The van der Waals surface area contributed by atoms with E-state index in [1.165, 1.54) is 6.08 Å². The van der Waals surface area contributed by atoms with E-state index in [2.05, 4.69) is 16.7 Å². The van der Waals surface area contributed by atoms with Gasteiger partial charge in [-0.05, 0) is 41.8 Å². The maximum atomic E-state index is 12.6. The van der Waals surface area contributed by atoms with Gasteiger partial charge in [-0.2, -0.15) is 5.26 Å². The summed E-state index contributed by atoms with van der Waals surface area (Å²) in [6.07, 6.45) is 3.65. The average Bonchev–Trinajstić information content (AvgIpc) is 2.79. The zero-order chi connectivity index (χ0) is 21.2. The molecule has 2 amide bonds. The van der Waals surface area contributed by atoms with Gasteiger partial charge in [0.05, 0.1) is 22.9 Å². The molecule has 0 atom stereocenters. The largest absolute Gasteiger partial charge is 0.352 e. The fraction of sp³-hybridized carbons (Fsp3) is 0.0800. The molecule has 0 heterocycles. The van der Waals surface area contributed by atoms with Gasteiger partial charge in [0.1, 0.15) is 0 Å². The number of nitrogens with zero attached hydrogens (tertiary/aromatic N) is 1. The van der Waals surface area contributed by atoms with Crippen LogP contribution in [-0.4, -0.2) is 18.4 Å². The van der Waals surface area contributed by atoms with Crippen LogP contribution >= 0.6 is 0 Å². The summed E-state index contributed by atoms with van der Waals surface area (Å²) < 4.78 is 0. The van der Waals surface area contributed by atoms with E-state index in [1.54, 1.807) is 54.6 Å². The summed E-state index contributed by atoms with van der Waals surface area (Å²) in [5.74, 6) is -0.632. The van der Waals surface area contributed by atoms with E-state index in [-0.39, 0.29) is 11.8 Å². The van der Waals surface area contributed by atoms with E-state index in [4.69, 9.17) is 5.26 Å². The standard InChI is InChI=1S/C25H21N3O2/c26-18-21-11-5-4-10-20(21)14-15-24(29)28-23-13-7-6-12-22(23)25(30)27-17-16-19-8-2-1-3-9-19/h1-15H,16-17H2,(H,27,30)(H,28,29)/b15-14+. The normalized spacial score (nSPS) is 10.4. The van der Waals surface area contributed by atoms with Gasteiger partial charge in [-0.15, -0.1) is 0 Å². The van der Waals surface area contributed by atoms with Crippen LogP contribution in [0.25, 0.3) is 6.08 Å². The van der Waals surface area contributed by atoms with Crippen molar-refractivity contribution in [2.24, 2.45) is 0 Å². The highest BCUT2D eigenvalue weighted by atomic mass is 16.2. The van der Waals surface area contributed by atoms with Gasteiger partial charge >= 0.3 is 0 Å². The molecule has 0 aliphatic rings.